The fourth-order valence-electron chi connectivity index (χ4n) is 3.81. The highest BCUT2D eigenvalue weighted by atomic mass is 19.1. The summed E-state index contributed by atoms with van der Waals surface area (Å²) >= 11 is 0. The highest BCUT2D eigenvalue weighted by Crippen LogP contribution is 2.18. The summed E-state index contributed by atoms with van der Waals surface area (Å²) in [6.07, 6.45) is 6.76. The summed E-state index contributed by atoms with van der Waals surface area (Å²) in [5.74, 6) is 0.303. The normalized spacial score (nSPS) is 10.7. The van der Waals surface area contributed by atoms with Gasteiger partial charge in [-0.3, -0.25) is 9.59 Å². The van der Waals surface area contributed by atoms with Crippen molar-refractivity contribution in [3.8, 4) is 0 Å². The highest BCUT2D eigenvalue weighted by molar-refractivity contribution is 5.94. The van der Waals surface area contributed by atoms with E-state index in [1.165, 1.54) is 24.3 Å². The van der Waals surface area contributed by atoms with Crippen molar-refractivity contribution in [2.24, 2.45) is 0 Å². The van der Waals surface area contributed by atoms with Gasteiger partial charge in [0.1, 0.15) is 18.2 Å². The van der Waals surface area contributed by atoms with E-state index in [1.807, 2.05) is 28.8 Å². The van der Waals surface area contributed by atoms with Crippen LogP contribution < -0.4 is 5.32 Å². The molecular weight excluding hydrogens is 431 g/mol. The second-order valence-electron chi connectivity index (χ2n) is 8.05. The summed E-state index contributed by atoms with van der Waals surface area (Å²) in [5, 5.41) is 2.86. The third-order valence-electron chi connectivity index (χ3n) is 5.55. The third kappa shape index (κ3) is 6.63. The molecule has 6 nitrogen and oxygen atoms in total. The van der Waals surface area contributed by atoms with Crippen molar-refractivity contribution in [3.05, 3.63) is 91.0 Å². The van der Waals surface area contributed by atoms with Gasteiger partial charge in [-0.05, 0) is 49.2 Å². The number of aryl methyl sites for hydroxylation is 1. The van der Waals surface area contributed by atoms with Crippen molar-refractivity contribution in [2.75, 3.05) is 19.6 Å². The number of aromatic nitrogens is 2. The number of amides is 2. The summed E-state index contributed by atoms with van der Waals surface area (Å²) in [7, 11) is 0. The van der Waals surface area contributed by atoms with Crippen LogP contribution in [0, 0.1) is 5.82 Å². The Morgan fingerprint density at radius 2 is 1.71 bits per heavy atom. The molecule has 3 aromatic rings. The zero-order chi connectivity index (χ0) is 24.3. The zero-order valence-corrected chi connectivity index (χ0v) is 19.4. The van der Waals surface area contributed by atoms with Crippen LogP contribution in [0.4, 0.5) is 4.39 Å². The highest BCUT2D eigenvalue weighted by Gasteiger charge is 2.17. The monoisotopic (exact) mass is 462 g/mol. The molecule has 0 aliphatic carbocycles. The van der Waals surface area contributed by atoms with Crippen molar-refractivity contribution in [3.63, 3.8) is 0 Å². The van der Waals surface area contributed by atoms with Crippen LogP contribution in [0.2, 0.25) is 0 Å². The minimum Gasteiger partial charge on any atom is -0.352 e. The number of nitrogens with one attached hydrogen (secondary N) is 1. The Balaban J connectivity index is 1.55. The smallest absolute Gasteiger partial charge is 0.251 e. The van der Waals surface area contributed by atoms with Crippen molar-refractivity contribution in [1.82, 2.24) is 19.8 Å². The van der Waals surface area contributed by atoms with Crippen LogP contribution in [-0.2, 0) is 17.8 Å². The minimum absolute atomic E-state index is 0.00675. The van der Waals surface area contributed by atoms with Gasteiger partial charge in [-0.15, -0.1) is 13.2 Å². The predicted octanol–water partition coefficient (Wildman–Crippen LogP) is 4.52. The maximum Gasteiger partial charge on any atom is 0.251 e. The molecule has 1 aromatic heterocycles. The van der Waals surface area contributed by atoms with E-state index in [-0.39, 0.29) is 24.2 Å². The third-order valence-corrected chi connectivity index (χ3v) is 5.55. The fourth-order valence-corrected chi connectivity index (χ4v) is 3.81. The van der Waals surface area contributed by atoms with E-state index in [9.17, 15) is 14.0 Å². The van der Waals surface area contributed by atoms with E-state index in [4.69, 9.17) is 4.98 Å². The number of imidazole rings is 1. The summed E-state index contributed by atoms with van der Waals surface area (Å²) in [6.45, 7) is 9.17. The first kappa shape index (κ1) is 24.9. The molecule has 2 aromatic carbocycles. The molecule has 0 fully saturated rings. The van der Waals surface area contributed by atoms with Gasteiger partial charge < -0.3 is 14.8 Å². The molecule has 0 bridgehead atoms. The van der Waals surface area contributed by atoms with E-state index in [1.54, 1.807) is 17.1 Å². The molecule has 0 atom stereocenters. The maximum atomic E-state index is 13.0. The molecule has 178 valence electrons. The summed E-state index contributed by atoms with van der Waals surface area (Å²) in [6, 6.07) is 13.3. The summed E-state index contributed by atoms with van der Waals surface area (Å²) < 4.78 is 15.0. The van der Waals surface area contributed by atoms with E-state index in [0.29, 0.717) is 25.2 Å². The van der Waals surface area contributed by atoms with Crippen LogP contribution in [0.15, 0.2) is 73.8 Å². The summed E-state index contributed by atoms with van der Waals surface area (Å²) in [5.41, 5.74) is 2.26. The molecular formula is C27H31FN4O2. The van der Waals surface area contributed by atoms with Gasteiger partial charge in [-0.25, -0.2) is 9.37 Å². The van der Waals surface area contributed by atoms with E-state index >= 15 is 0 Å². The molecule has 1 N–H and O–H groups in total. The molecule has 7 heteroatoms. The van der Waals surface area contributed by atoms with Crippen LogP contribution in [0.25, 0.3) is 11.0 Å². The van der Waals surface area contributed by atoms with Crippen molar-refractivity contribution < 1.29 is 14.0 Å². The quantitative estimate of drug-likeness (QED) is 0.300. The van der Waals surface area contributed by atoms with Gasteiger partial charge in [-0.2, -0.15) is 0 Å². The van der Waals surface area contributed by atoms with Crippen LogP contribution in [-0.4, -0.2) is 45.9 Å². The van der Waals surface area contributed by atoms with Crippen molar-refractivity contribution in [2.45, 2.75) is 32.2 Å². The Morgan fingerprint density at radius 1 is 1.00 bits per heavy atom. The first-order valence-electron chi connectivity index (χ1n) is 11.5. The molecule has 0 saturated carbocycles. The van der Waals surface area contributed by atoms with E-state index in [2.05, 4.69) is 18.5 Å². The van der Waals surface area contributed by atoms with Gasteiger partial charge in [0, 0.05) is 31.6 Å². The first-order valence-corrected chi connectivity index (χ1v) is 11.5. The Kier molecular flexibility index (Phi) is 9.14. The maximum absolute atomic E-state index is 13.0. The number of hydrogen-bond donors (Lipinski definition) is 1. The average molecular weight is 463 g/mol. The number of hydrogen-bond acceptors (Lipinski definition) is 3. The zero-order valence-electron chi connectivity index (χ0n) is 19.4. The molecule has 0 spiro atoms. The SMILES string of the molecule is C=CCN(CC=C)C(=O)Cn1c(CCCCCNC(=O)c2ccc(F)cc2)nc2ccccc21. The standard InChI is InChI=1S/C27H31FN4O2/c1-3-18-31(19-4-2)26(33)20-32-24-11-8-7-10-23(24)30-25(32)12-6-5-9-17-29-27(34)21-13-15-22(28)16-14-21/h3-4,7-8,10-11,13-16H,1-2,5-6,9,12,17-20H2,(H,29,34). The van der Waals surface area contributed by atoms with Crippen molar-refractivity contribution >= 4 is 22.8 Å². The molecule has 0 aliphatic rings. The number of rotatable bonds is 13. The van der Waals surface area contributed by atoms with Gasteiger partial charge in [-0.1, -0.05) is 30.7 Å². The van der Waals surface area contributed by atoms with Gasteiger partial charge in [0.2, 0.25) is 5.91 Å². The molecule has 0 radical (unpaired) electrons. The molecule has 2 amide bonds. The number of para-hydroxylation sites is 2. The molecule has 0 aliphatic heterocycles. The summed E-state index contributed by atoms with van der Waals surface area (Å²) in [4.78, 5) is 31.5. The molecule has 0 unspecified atom stereocenters. The lowest BCUT2D eigenvalue weighted by Gasteiger charge is -2.20. The van der Waals surface area contributed by atoms with Crippen LogP contribution in [0.3, 0.4) is 0 Å². The van der Waals surface area contributed by atoms with Gasteiger partial charge in [0.25, 0.3) is 5.91 Å². The molecule has 3 rings (SSSR count). The first-order chi connectivity index (χ1) is 16.5. The molecule has 34 heavy (non-hydrogen) atoms. The number of halogens is 1. The second-order valence-corrected chi connectivity index (χ2v) is 8.05. The van der Waals surface area contributed by atoms with E-state index in [0.717, 1.165) is 42.5 Å². The van der Waals surface area contributed by atoms with Gasteiger partial charge >= 0.3 is 0 Å². The van der Waals surface area contributed by atoms with Crippen LogP contribution in [0.1, 0.15) is 35.4 Å². The molecule has 0 saturated heterocycles. The van der Waals surface area contributed by atoms with Gasteiger partial charge in [0.15, 0.2) is 0 Å². The van der Waals surface area contributed by atoms with Gasteiger partial charge in [0.05, 0.1) is 11.0 Å². The fraction of sp³-hybridized carbons (Fsp3) is 0.296. The second kappa shape index (κ2) is 12.5. The Hall–Kier alpha value is -3.74. The average Bonchev–Trinajstić information content (AvgIpc) is 3.18. The minimum atomic E-state index is -0.363. The Labute approximate surface area is 199 Å². The number of carbonyl (C=O) groups excluding carboxylic acids is 2. The predicted molar refractivity (Wildman–Crippen MR) is 133 cm³/mol. The number of fused-ring (bicyclic) bond motifs is 1. The lowest BCUT2D eigenvalue weighted by atomic mass is 10.1. The number of carbonyl (C=O) groups is 2. The van der Waals surface area contributed by atoms with Crippen molar-refractivity contribution in [1.29, 1.82) is 0 Å². The Morgan fingerprint density at radius 3 is 2.41 bits per heavy atom. The number of unbranched alkanes of at least 4 members (excludes halogenated alkanes) is 2. The largest absolute Gasteiger partial charge is 0.352 e. The molecule has 1 heterocycles. The van der Waals surface area contributed by atoms with Crippen LogP contribution in [0.5, 0.6) is 0 Å². The van der Waals surface area contributed by atoms with Crippen LogP contribution >= 0.6 is 0 Å². The number of nitrogens with zero attached hydrogens (tertiary/aromatic N) is 3. The topological polar surface area (TPSA) is 67.2 Å². The lowest BCUT2D eigenvalue weighted by Crippen LogP contribution is -2.34. The Bertz CT molecular complexity index is 1130. The number of benzene rings is 2. The van der Waals surface area contributed by atoms with E-state index < -0.39 is 0 Å². The lowest BCUT2D eigenvalue weighted by molar-refractivity contribution is -0.130.